The van der Waals surface area contributed by atoms with Crippen molar-refractivity contribution in [3.63, 3.8) is 0 Å². The molecule has 1 aliphatic carbocycles. The van der Waals surface area contributed by atoms with Crippen LogP contribution in [0, 0.1) is 0 Å². The van der Waals surface area contributed by atoms with Gasteiger partial charge in [0.25, 0.3) is 0 Å². The molecule has 0 amide bonds. The Kier molecular flexibility index (Phi) is 4.77. The molecule has 0 spiro atoms. The van der Waals surface area contributed by atoms with E-state index in [0.717, 1.165) is 13.1 Å². The molecule has 0 fully saturated rings. The molecular formula is C19H25NS. The fraction of sp³-hybridized carbons (Fsp3) is 0.474. The molecule has 1 atom stereocenters. The normalized spacial score (nSPS) is 21.2. The summed E-state index contributed by atoms with van der Waals surface area (Å²) in [7, 11) is 0. The monoisotopic (exact) mass is 299 g/mol. The Balaban J connectivity index is 1.86. The van der Waals surface area contributed by atoms with Crippen LogP contribution in [0.25, 0.3) is 0 Å². The number of hydrogen-bond donors (Lipinski definition) is 1. The summed E-state index contributed by atoms with van der Waals surface area (Å²) in [6, 6.07) is 11.4. The van der Waals surface area contributed by atoms with E-state index in [4.69, 9.17) is 0 Å². The highest BCUT2D eigenvalue weighted by molar-refractivity contribution is 7.07. The Hall–Kier alpha value is -1.12. The van der Waals surface area contributed by atoms with Crippen molar-refractivity contribution >= 4 is 11.3 Å². The molecule has 1 aliphatic rings. The van der Waals surface area contributed by atoms with Gasteiger partial charge in [-0.05, 0) is 72.2 Å². The van der Waals surface area contributed by atoms with Crippen molar-refractivity contribution in [3.8, 4) is 0 Å². The lowest BCUT2D eigenvalue weighted by molar-refractivity contribution is 0.319. The molecule has 2 heteroatoms. The van der Waals surface area contributed by atoms with E-state index in [2.05, 4.69) is 53.3 Å². The molecular weight excluding hydrogens is 274 g/mol. The maximum Gasteiger partial charge on any atom is 0.00837 e. The highest BCUT2D eigenvalue weighted by Gasteiger charge is 2.35. The number of likely N-dealkylation sites (N-methyl/N-ethyl adjacent to an activating group) is 1. The summed E-state index contributed by atoms with van der Waals surface area (Å²) in [5.41, 5.74) is 5.01. The van der Waals surface area contributed by atoms with Crippen molar-refractivity contribution in [2.24, 2.45) is 0 Å². The van der Waals surface area contributed by atoms with E-state index in [1.807, 2.05) is 11.3 Å². The summed E-state index contributed by atoms with van der Waals surface area (Å²) in [5, 5.41) is 8.13. The first-order valence-corrected chi connectivity index (χ1v) is 9.08. The largest absolute Gasteiger partial charge is 0.316 e. The van der Waals surface area contributed by atoms with E-state index in [9.17, 15) is 0 Å². The molecule has 0 bridgehead atoms. The van der Waals surface area contributed by atoms with E-state index in [0.29, 0.717) is 5.41 Å². The quantitative estimate of drug-likeness (QED) is 0.824. The summed E-state index contributed by atoms with van der Waals surface area (Å²) >= 11 is 1.81. The van der Waals surface area contributed by atoms with Crippen molar-refractivity contribution in [1.29, 1.82) is 0 Å². The second kappa shape index (κ2) is 6.76. The van der Waals surface area contributed by atoms with Crippen molar-refractivity contribution in [1.82, 2.24) is 5.32 Å². The Morgan fingerprint density at radius 1 is 1.24 bits per heavy atom. The Morgan fingerprint density at radius 2 is 2.14 bits per heavy atom. The van der Waals surface area contributed by atoms with Gasteiger partial charge in [0.05, 0.1) is 0 Å². The second-order valence-electron chi connectivity index (χ2n) is 6.20. The number of aryl methyl sites for hydroxylation is 2. The number of hydrogen-bond acceptors (Lipinski definition) is 2. The average Bonchev–Trinajstić information content (AvgIpc) is 3.05. The van der Waals surface area contributed by atoms with Gasteiger partial charge >= 0.3 is 0 Å². The van der Waals surface area contributed by atoms with Crippen LogP contribution in [-0.4, -0.2) is 13.1 Å². The van der Waals surface area contributed by atoms with Crippen LogP contribution in [0.3, 0.4) is 0 Å². The lowest BCUT2D eigenvalue weighted by Crippen LogP contribution is -2.41. The molecule has 1 aromatic heterocycles. The van der Waals surface area contributed by atoms with Crippen LogP contribution in [0.1, 0.15) is 42.9 Å². The zero-order valence-corrected chi connectivity index (χ0v) is 13.7. The summed E-state index contributed by atoms with van der Waals surface area (Å²) in [4.78, 5) is 0. The molecule has 0 saturated carbocycles. The van der Waals surface area contributed by atoms with E-state index >= 15 is 0 Å². The molecule has 3 rings (SSSR count). The predicted molar refractivity (Wildman–Crippen MR) is 92.2 cm³/mol. The summed E-state index contributed by atoms with van der Waals surface area (Å²) < 4.78 is 0. The third-order valence-corrected chi connectivity index (χ3v) is 5.61. The fourth-order valence-electron chi connectivity index (χ4n) is 3.72. The van der Waals surface area contributed by atoms with Crippen LogP contribution < -0.4 is 5.32 Å². The summed E-state index contributed by atoms with van der Waals surface area (Å²) in [5.74, 6) is 0. The minimum atomic E-state index is 0.326. The van der Waals surface area contributed by atoms with E-state index < -0.39 is 0 Å². The van der Waals surface area contributed by atoms with Crippen LogP contribution in [0.2, 0.25) is 0 Å². The Morgan fingerprint density at radius 3 is 2.95 bits per heavy atom. The van der Waals surface area contributed by atoms with Gasteiger partial charge in [-0.15, -0.1) is 0 Å². The molecule has 1 N–H and O–H groups in total. The van der Waals surface area contributed by atoms with Crippen molar-refractivity contribution < 1.29 is 0 Å². The lowest BCUT2D eigenvalue weighted by Gasteiger charge is -2.40. The maximum absolute atomic E-state index is 3.63. The van der Waals surface area contributed by atoms with Crippen LogP contribution in [0.15, 0.2) is 41.1 Å². The fourth-order valence-corrected chi connectivity index (χ4v) is 4.43. The zero-order valence-electron chi connectivity index (χ0n) is 12.9. The average molecular weight is 299 g/mol. The highest BCUT2D eigenvalue weighted by atomic mass is 32.1. The number of benzene rings is 1. The molecule has 1 heterocycles. The SMILES string of the molecule is CCNCC1(CCc2ccsc2)CCCc2ccccc21. The topological polar surface area (TPSA) is 12.0 Å². The standard InChI is InChI=1S/C19H25NS/c1-2-20-15-19(12-9-16-10-13-21-14-16)11-5-7-17-6-3-4-8-18(17)19/h3-4,6,8,10,13-14,20H,2,5,7,9,11-12,15H2,1H3. The summed E-state index contributed by atoms with van der Waals surface area (Å²) in [6.45, 7) is 4.38. The van der Waals surface area contributed by atoms with Crippen LogP contribution >= 0.6 is 11.3 Å². The smallest absolute Gasteiger partial charge is 0.00837 e. The molecule has 21 heavy (non-hydrogen) atoms. The minimum Gasteiger partial charge on any atom is -0.316 e. The van der Waals surface area contributed by atoms with Gasteiger partial charge in [-0.1, -0.05) is 31.2 Å². The second-order valence-corrected chi connectivity index (χ2v) is 6.98. The van der Waals surface area contributed by atoms with Gasteiger partial charge in [-0.25, -0.2) is 0 Å². The third kappa shape index (κ3) is 3.22. The van der Waals surface area contributed by atoms with Gasteiger partial charge in [0.1, 0.15) is 0 Å². The van der Waals surface area contributed by atoms with Gasteiger partial charge in [0.2, 0.25) is 0 Å². The lowest BCUT2D eigenvalue weighted by atomic mass is 9.67. The molecule has 112 valence electrons. The van der Waals surface area contributed by atoms with Gasteiger partial charge in [0.15, 0.2) is 0 Å². The maximum atomic E-state index is 3.63. The van der Waals surface area contributed by atoms with Gasteiger partial charge in [0, 0.05) is 12.0 Å². The number of fused-ring (bicyclic) bond motifs is 1. The molecule has 0 aliphatic heterocycles. The predicted octanol–water partition coefficient (Wildman–Crippen LogP) is 4.56. The minimum absolute atomic E-state index is 0.326. The first-order chi connectivity index (χ1) is 10.3. The first kappa shape index (κ1) is 14.8. The molecule has 1 nitrogen and oxygen atoms in total. The first-order valence-electron chi connectivity index (χ1n) is 8.14. The van der Waals surface area contributed by atoms with Crippen molar-refractivity contribution in [3.05, 3.63) is 57.8 Å². The molecule has 1 unspecified atom stereocenters. The van der Waals surface area contributed by atoms with Crippen molar-refractivity contribution in [2.45, 2.75) is 44.4 Å². The van der Waals surface area contributed by atoms with Gasteiger partial charge in [-0.2, -0.15) is 11.3 Å². The zero-order chi connectivity index (χ0) is 14.5. The van der Waals surface area contributed by atoms with Crippen LogP contribution in [0.4, 0.5) is 0 Å². The van der Waals surface area contributed by atoms with Crippen LogP contribution in [-0.2, 0) is 18.3 Å². The Bertz CT molecular complexity index is 561. The van der Waals surface area contributed by atoms with Gasteiger partial charge in [-0.3, -0.25) is 0 Å². The van der Waals surface area contributed by atoms with Crippen LogP contribution in [0.5, 0.6) is 0 Å². The van der Waals surface area contributed by atoms with Gasteiger partial charge < -0.3 is 5.32 Å². The van der Waals surface area contributed by atoms with E-state index in [-0.39, 0.29) is 0 Å². The Labute approximate surface area is 132 Å². The number of nitrogens with one attached hydrogen (secondary N) is 1. The third-order valence-electron chi connectivity index (χ3n) is 4.88. The molecule has 0 radical (unpaired) electrons. The highest BCUT2D eigenvalue weighted by Crippen LogP contribution is 2.40. The molecule has 0 saturated heterocycles. The summed E-state index contributed by atoms with van der Waals surface area (Å²) in [6.07, 6.45) is 6.35. The molecule has 2 aromatic rings. The molecule has 1 aromatic carbocycles. The van der Waals surface area contributed by atoms with E-state index in [1.165, 1.54) is 37.7 Å². The number of rotatable bonds is 6. The van der Waals surface area contributed by atoms with E-state index in [1.54, 1.807) is 11.1 Å². The van der Waals surface area contributed by atoms with Crippen molar-refractivity contribution in [2.75, 3.05) is 13.1 Å². The number of thiophene rings is 1.